The Balaban J connectivity index is 2.03. The SMILES string of the molecule is Cc1cc(C#N)cc(NCC(O)c2ccc(N)cc2)n1. The Kier molecular flexibility index (Phi) is 4.18. The van der Waals surface area contributed by atoms with E-state index in [9.17, 15) is 5.11 Å². The number of aliphatic hydroxyl groups excluding tert-OH is 1. The van der Waals surface area contributed by atoms with E-state index in [2.05, 4.69) is 16.4 Å². The Morgan fingerprint density at radius 2 is 2.05 bits per heavy atom. The van der Waals surface area contributed by atoms with Crippen molar-refractivity contribution < 1.29 is 5.11 Å². The number of nitriles is 1. The molecule has 0 fully saturated rings. The minimum absolute atomic E-state index is 0.311. The van der Waals surface area contributed by atoms with Gasteiger partial charge in [0.1, 0.15) is 5.82 Å². The number of nitrogens with one attached hydrogen (secondary N) is 1. The molecule has 0 bridgehead atoms. The summed E-state index contributed by atoms with van der Waals surface area (Å²) in [7, 11) is 0. The van der Waals surface area contributed by atoms with E-state index < -0.39 is 6.10 Å². The molecular weight excluding hydrogens is 252 g/mol. The minimum atomic E-state index is -0.663. The van der Waals surface area contributed by atoms with Gasteiger partial charge in [-0.05, 0) is 36.8 Å². The van der Waals surface area contributed by atoms with E-state index in [0.29, 0.717) is 23.6 Å². The molecule has 0 amide bonds. The third-order valence-corrected chi connectivity index (χ3v) is 2.88. The summed E-state index contributed by atoms with van der Waals surface area (Å²) < 4.78 is 0. The van der Waals surface area contributed by atoms with Gasteiger partial charge in [0.25, 0.3) is 0 Å². The first-order valence-electron chi connectivity index (χ1n) is 6.24. The van der Waals surface area contributed by atoms with E-state index in [4.69, 9.17) is 11.0 Å². The number of aromatic nitrogens is 1. The maximum atomic E-state index is 10.1. The van der Waals surface area contributed by atoms with Crippen LogP contribution in [-0.2, 0) is 0 Å². The number of benzene rings is 1. The van der Waals surface area contributed by atoms with Gasteiger partial charge in [0.15, 0.2) is 0 Å². The molecule has 1 unspecified atom stereocenters. The summed E-state index contributed by atoms with van der Waals surface area (Å²) in [4.78, 5) is 4.27. The van der Waals surface area contributed by atoms with Gasteiger partial charge in [-0.1, -0.05) is 12.1 Å². The average Bonchev–Trinajstić information content (AvgIpc) is 2.45. The third-order valence-electron chi connectivity index (χ3n) is 2.88. The number of aryl methyl sites for hydroxylation is 1. The topological polar surface area (TPSA) is 95.0 Å². The maximum Gasteiger partial charge on any atom is 0.127 e. The molecule has 1 aromatic heterocycles. The number of hydrogen-bond donors (Lipinski definition) is 3. The number of aliphatic hydroxyl groups is 1. The van der Waals surface area contributed by atoms with E-state index >= 15 is 0 Å². The lowest BCUT2D eigenvalue weighted by molar-refractivity contribution is 0.191. The average molecular weight is 268 g/mol. The van der Waals surface area contributed by atoms with Gasteiger partial charge in [-0.2, -0.15) is 5.26 Å². The lowest BCUT2D eigenvalue weighted by Crippen LogP contribution is -2.13. The Bertz CT molecular complexity index is 631. The molecule has 2 aromatic rings. The van der Waals surface area contributed by atoms with Crippen molar-refractivity contribution in [2.75, 3.05) is 17.6 Å². The molecule has 5 nitrogen and oxygen atoms in total. The van der Waals surface area contributed by atoms with Crippen LogP contribution in [0, 0.1) is 18.3 Å². The van der Waals surface area contributed by atoms with Crippen molar-refractivity contribution in [3.8, 4) is 6.07 Å². The highest BCUT2D eigenvalue weighted by Crippen LogP contribution is 2.16. The summed E-state index contributed by atoms with van der Waals surface area (Å²) in [5, 5.41) is 22.0. The zero-order valence-corrected chi connectivity index (χ0v) is 11.2. The first kappa shape index (κ1) is 13.8. The van der Waals surface area contributed by atoms with Crippen molar-refractivity contribution in [1.82, 2.24) is 4.98 Å². The fourth-order valence-electron chi connectivity index (χ4n) is 1.86. The quantitative estimate of drug-likeness (QED) is 0.737. The van der Waals surface area contributed by atoms with E-state index in [1.807, 2.05) is 6.92 Å². The number of rotatable bonds is 4. The molecule has 102 valence electrons. The van der Waals surface area contributed by atoms with Crippen LogP contribution >= 0.6 is 0 Å². The van der Waals surface area contributed by atoms with Crippen LogP contribution in [0.1, 0.15) is 22.9 Å². The van der Waals surface area contributed by atoms with E-state index in [1.165, 1.54) is 0 Å². The molecule has 0 aliphatic heterocycles. The first-order valence-corrected chi connectivity index (χ1v) is 6.24. The predicted molar refractivity (Wildman–Crippen MR) is 78.0 cm³/mol. The molecule has 0 aliphatic rings. The molecular formula is C15H16N4O. The number of anilines is 2. The molecule has 1 atom stereocenters. The molecule has 0 spiro atoms. The summed E-state index contributed by atoms with van der Waals surface area (Å²) in [6.45, 7) is 2.13. The van der Waals surface area contributed by atoms with Crippen LogP contribution in [0.5, 0.6) is 0 Å². The highest BCUT2D eigenvalue weighted by molar-refractivity contribution is 5.45. The second-order valence-corrected chi connectivity index (χ2v) is 4.56. The highest BCUT2D eigenvalue weighted by Gasteiger charge is 2.08. The third kappa shape index (κ3) is 3.46. The molecule has 4 N–H and O–H groups in total. The van der Waals surface area contributed by atoms with Crippen molar-refractivity contribution in [2.45, 2.75) is 13.0 Å². The van der Waals surface area contributed by atoms with Gasteiger partial charge in [-0.3, -0.25) is 0 Å². The second kappa shape index (κ2) is 6.04. The fourth-order valence-corrected chi connectivity index (χ4v) is 1.86. The van der Waals surface area contributed by atoms with E-state index in [0.717, 1.165) is 11.3 Å². The van der Waals surface area contributed by atoms with Gasteiger partial charge in [-0.25, -0.2) is 4.98 Å². The van der Waals surface area contributed by atoms with Crippen LogP contribution in [0.2, 0.25) is 0 Å². The molecule has 0 saturated heterocycles. The van der Waals surface area contributed by atoms with Gasteiger partial charge in [0, 0.05) is 17.9 Å². The van der Waals surface area contributed by atoms with Crippen LogP contribution in [0.4, 0.5) is 11.5 Å². The first-order chi connectivity index (χ1) is 9.58. The molecule has 0 aliphatic carbocycles. The van der Waals surface area contributed by atoms with Crippen LogP contribution in [0.15, 0.2) is 36.4 Å². The molecule has 20 heavy (non-hydrogen) atoms. The number of pyridine rings is 1. The fraction of sp³-hybridized carbons (Fsp3) is 0.200. The predicted octanol–water partition coefficient (Wildman–Crippen LogP) is 1.99. The lowest BCUT2D eigenvalue weighted by Gasteiger charge is -2.13. The van der Waals surface area contributed by atoms with Gasteiger partial charge in [0.2, 0.25) is 0 Å². The van der Waals surface area contributed by atoms with Crippen LogP contribution in [0.25, 0.3) is 0 Å². The summed E-state index contributed by atoms with van der Waals surface area (Å²) in [6.07, 6.45) is -0.663. The van der Waals surface area contributed by atoms with Crippen LogP contribution < -0.4 is 11.1 Å². The highest BCUT2D eigenvalue weighted by atomic mass is 16.3. The lowest BCUT2D eigenvalue weighted by atomic mass is 10.1. The molecule has 1 heterocycles. The van der Waals surface area contributed by atoms with Crippen LogP contribution in [-0.4, -0.2) is 16.6 Å². The monoisotopic (exact) mass is 268 g/mol. The summed E-state index contributed by atoms with van der Waals surface area (Å²) in [5.74, 6) is 0.580. The summed E-state index contributed by atoms with van der Waals surface area (Å²) in [5.41, 5.74) is 8.34. The molecule has 0 saturated carbocycles. The van der Waals surface area contributed by atoms with Gasteiger partial charge in [0.05, 0.1) is 17.7 Å². The second-order valence-electron chi connectivity index (χ2n) is 4.56. The van der Waals surface area contributed by atoms with E-state index in [1.54, 1.807) is 36.4 Å². The maximum absolute atomic E-state index is 10.1. The van der Waals surface area contributed by atoms with Crippen molar-refractivity contribution in [1.29, 1.82) is 5.26 Å². The van der Waals surface area contributed by atoms with Gasteiger partial charge >= 0.3 is 0 Å². The van der Waals surface area contributed by atoms with Crippen molar-refractivity contribution in [3.63, 3.8) is 0 Å². The van der Waals surface area contributed by atoms with Crippen molar-refractivity contribution >= 4 is 11.5 Å². The Hall–Kier alpha value is -2.58. The number of hydrogen-bond acceptors (Lipinski definition) is 5. The summed E-state index contributed by atoms with van der Waals surface area (Å²) >= 11 is 0. The molecule has 2 rings (SSSR count). The number of nitrogens with zero attached hydrogens (tertiary/aromatic N) is 2. The van der Waals surface area contributed by atoms with Gasteiger partial charge < -0.3 is 16.2 Å². The Labute approximate surface area is 117 Å². The van der Waals surface area contributed by atoms with Crippen molar-refractivity contribution in [3.05, 3.63) is 53.2 Å². The van der Waals surface area contributed by atoms with Crippen LogP contribution in [0.3, 0.4) is 0 Å². The van der Waals surface area contributed by atoms with E-state index in [-0.39, 0.29) is 0 Å². The zero-order chi connectivity index (χ0) is 14.5. The Morgan fingerprint density at radius 1 is 1.35 bits per heavy atom. The van der Waals surface area contributed by atoms with Gasteiger partial charge in [-0.15, -0.1) is 0 Å². The zero-order valence-electron chi connectivity index (χ0n) is 11.2. The number of nitrogens with two attached hydrogens (primary N) is 1. The molecule has 5 heteroatoms. The number of nitrogen functional groups attached to an aromatic ring is 1. The summed E-state index contributed by atoms with van der Waals surface area (Å²) in [6, 6.07) is 12.5. The normalized spacial score (nSPS) is 11.7. The molecule has 1 aromatic carbocycles. The minimum Gasteiger partial charge on any atom is -0.399 e. The Morgan fingerprint density at radius 3 is 2.70 bits per heavy atom. The standard InChI is InChI=1S/C15H16N4O/c1-10-6-11(8-16)7-15(19-10)18-9-14(20)12-2-4-13(17)5-3-12/h2-7,14,20H,9,17H2,1H3,(H,18,19). The smallest absolute Gasteiger partial charge is 0.127 e. The van der Waals surface area contributed by atoms with Crippen molar-refractivity contribution in [2.24, 2.45) is 0 Å². The largest absolute Gasteiger partial charge is 0.399 e. The molecule has 0 radical (unpaired) electrons.